The van der Waals surface area contributed by atoms with Gasteiger partial charge in [-0.25, -0.2) is 13.3 Å². The molecule has 0 spiro atoms. The van der Waals surface area contributed by atoms with Crippen LogP contribution in [0, 0.1) is 13.5 Å². The van der Waals surface area contributed by atoms with Gasteiger partial charge in [0.05, 0.1) is 24.6 Å². The minimum atomic E-state index is -3.45. The van der Waals surface area contributed by atoms with Gasteiger partial charge in [0, 0.05) is 42.8 Å². The van der Waals surface area contributed by atoms with Crippen LogP contribution >= 0.6 is 0 Å². The highest BCUT2D eigenvalue weighted by molar-refractivity contribution is 7.92. The van der Waals surface area contributed by atoms with Crippen molar-refractivity contribution in [3.05, 3.63) is 149 Å². The SMILES string of the molecule is [C-]#[N+]c1ccc(CN(Cc2ccc(Oc3cc(CO)cc(OCc4cccnc4)c3)cc2)c2cccc(NS(=O)(=O)CC)c2C)cc1. The highest BCUT2D eigenvalue weighted by Gasteiger charge is 2.16. The Labute approximate surface area is 275 Å². The van der Waals surface area contributed by atoms with Crippen LogP contribution in [0.2, 0.25) is 0 Å². The largest absolute Gasteiger partial charge is 0.489 e. The van der Waals surface area contributed by atoms with Gasteiger partial charge in [0.25, 0.3) is 0 Å². The Balaban J connectivity index is 1.36. The average Bonchev–Trinajstić information content (AvgIpc) is 3.09. The first-order valence-corrected chi connectivity index (χ1v) is 16.7. The van der Waals surface area contributed by atoms with E-state index in [0.29, 0.717) is 53.9 Å². The maximum atomic E-state index is 12.4. The van der Waals surface area contributed by atoms with Crippen molar-refractivity contribution in [2.24, 2.45) is 0 Å². The predicted octanol–water partition coefficient (Wildman–Crippen LogP) is 7.77. The van der Waals surface area contributed by atoms with Crippen LogP contribution in [-0.4, -0.2) is 24.3 Å². The van der Waals surface area contributed by atoms with Gasteiger partial charge in [-0.15, -0.1) is 0 Å². The van der Waals surface area contributed by atoms with Crippen molar-refractivity contribution in [1.82, 2.24) is 4.98 Å². The van der Waals surface area contributed by atoms with Gasteiger partial charge >= 0.3 is 0 Å². The standard InChI is InChI=1S/C37H36N4O5S/c1-4-47(43,44)40-36-8-5-9-37(27(36)2)41(23-28-10-14-32(38-3)15-11-28)24-29-12-16-33(17-13-29)46-35-20-31(25-42)19-34(21-35)45-26-30-7-6-18-39-22-30/h5-22,40,42H,4,23-26H2,1-2H3. The van der Waals surface area contributed by atoms with Crippen LogP contribution in [0.15, 0.2) is 109 Å². The molecule has 5 rings (SSSR count). The molecule has 1 heterocycles. The van der Waals surface area contributed by atoms with E-state index in [1.165, 1.54) is 0 Å². The normalized spacial score (nSPS) is 11.0. The van der Waals surface area contributed by atoms with Crippen LogP contribution in [0.25, 0.3) is 4.85 Å². The first-order valence-electron chi connectivity index (χ1n) is 15.1. The molecule has 0 amide bonds. The Hall–Kier alpha value is -5.37. The number of aliphatic hydroxyl groups is 1. The fourth-order valence-electron chi connectivity index (χ4n) is 4.97. The second-order valence-electron chi connectivity index (χ2n) is 11.0. The average molecular weight is 649 g/mol. The van der Waals surface area contributed by atoms with E-state index in [9.17, 15) is 13.5 Å². The van der Waals surface area contributed by atoms with E-state index in [-0.39, 0.29) is 12.4 Å². The number of rotatable bonds is 14. The molecule has 0 fully saturated rings. The number of pyridine rings is 1. The Kier molecular flexibility index (Phi) is 10.7. The summed E-state index contributed by atoms with van der Waals surface area (Å²) in [6.45, 7) is 12.0. The number of ether oxygens (including phenoxy) is 2. The summed E-state index contributed by atoms with van der Waals surface area (Å²) in [5.41, 5.74) is 6.43. The van der Waals surface area contributed by atoms with Crippen molar-refractivity contribution in [2.75, 3.05) is 15.4 Å². The first-order chi connectivity index (χ1) is 22.7. The van der Waals surface area contributed by atoms with Crippen molar-refractivity contribution in [1.29, 1.82) is 0 Å². The third-order valence-electron chi connectivity index (χ3n) is 7.51. The van der Waals surface area contributed by atoms with Crippen molar-refractivity contribution < 1.29 is 23.0 Å². The van der Waals surface area contributed by atoms with E-state index in [1.807, 2.05) is 67.6 Å². The topological polar surface area (TPSA) is 105 Å². The van der Waals surface area contributed by atoms with E-state index < -0.39 is 10.0 Å². The van der Waals surface area contributed by atoms with Crippen LogP contribution < -0.4 is 19.1 Å². The lowest BCUT2D eigenvalue weighted by molar-refractivity contribution is 0.276. The van der Waals surface area contributed by atoms with Crippen molar-refractivity contribution in [3.63, 3.8) is 0 Å². The van der Waals surface area contributed by atoms with Crippen molar-refractivity contribution >= 4 is 27.1 Å². The molecule has 5 aromatic rings. The third kappa shape index (κ3) is 9.10. The molecule has 2 N–H and O–H groups in total. The van der Waals surface area contributed by atoms with Gasteiger partial charge < -0.3 is 19.5 Å². The number of nitrogens with zero attached hydrogens (tertiary/aromatic N) is 3. The van der Waals surface area contributed by atoms with E-state index in [4.69, 9.17) is 16.0 Å². The Morgan fingerprint density at radius 1 is 0.851 bits per heavy atom. The molecule has 0 aliphatic rings. The number of hydrogen-bond acceptors (Lipinski definition) is 7. The van der Waals surface area contributed by atoms with E-state index >= 15 is 0 Å². The third-order valence-corrected chi connectivity index (χ3v) is 8.80. The molecule has 0 radical (unpaired) electrons. The van der Waals surface area contributed by atoms with Crippen molar-refractivity contribution in [2.45, 2.75) is 40.2 Å². The van der Waals surface area contributed by atoms with E-state index in [1.54, 1.807) is 55.7 Å². The predicted molar refractivity (Wildman–Crippen MR) is 184 cm³/mol. The molecule has 0 unspecified atom stereocenters. The maximum absolute atomic E-state index is 12.4. The van der Waals surface area contributed by atoms with Gasteiger partial charge in [-0.2, -0.15) is 0 Å². The summed E-state index contributed by atoms with van der Waals surface area (Å²) in [4.78, 5) is 9.79. The summed E-state index contributed by atoms with van der Waals surface area (Å²) in [6.07, 6.45) is 3.45. The van der Waals surface area contributed by atoms with E-state index in [2.05, 4.69) is 19.5 Å². The van der Waals surface area contributed by atoms with Crippen LogP contribution in [0.1, 0.15) is 34.7 Å². The van der Waals surface area contributed by atoms with Crippen LogP contribution in [0.3, 0.4) is 0 Å². The molecular formula is C37H36N4O5S. The highest BCUT2D eigenvalue weighted by atomic mass is 32.2. The molecule has 9 nitrogen and oxygen atoms in total. The zero-order chi connectivity index (χ0) is 33.2. The minimum Gasteiger partial charge on any atom is -0.489 e. The monoisotopic (exact) mass is 648 g/mol. The van der Waals surface area contributed by atoms with Crippen LogP contribution in [-0.2, 0) is 36.3 Å². The number of hydrogen-bond donors (Lipinski definition) is 2. The highest BCUT2D eigenvalue weighted by Crippen LogP contribution is 2.32. The fraction of sp³-hybridized carbons (Fsp3) is 0.189. The zero-order valence-electron chi connectivity index (χ0n) is 26.3. The van der Waals surface area contributed by atoms with E-state index in [0.717, 1.165) is 27.9 Å². The van der Waals surface area contributed by atoms with Gasteiger partial charge in [-0.1, -0.05) is 48.5 Å². The Morgan fingerprint density at radius 3 is 2.19 bits per heavy atom. The zero-order valence-corrected chi connectivity index (χ0v) is 27.1. The summed E-state index contributed by atoms with van der Waals surface area (Å²) >= 11 is 0. The molecule has 0 bridgehead atoms. The van der Waals surface area contributed by atoms with Gasteiger partial charge in [0.15, 0.2) is 5.69 Å². The van der Waals surface area contributed by atoms with Crippen molar-refractivity contribution in [3.8, 4) is 17.2 Å². The second kappa shape index (κ2) is 15.3. The Bertz CT molecular complexity index is 1940. The molecule has 47 heavy (non-hydrogen) atoms. The summed E-state index contributed by atoms with van der Waals surface area (Å²) < 4.78 is 39.5. The lowest BCUT2D eigenvalue weighted by atomic mass is 10.1. The number of nitrogens with one attached hydrogen (secondary N) is 1. The number of aliphatic hydroxyl groups excluding tert-OH is 1. The molecule has 0 saturated carbocycles. The molecule has 10 heteroatoms. The van der Waals surface area contributed by atoms with Crippen LogP contribution in [0.4, 0.5) is 17.1 Å². The summed E-state index contributed by atoms with van der Waals surface area (Å²) in [5, 5.41) is 9.82. The lowest BCUT2D eigenvalue weighted by Crippen LogP contribution is -2.24. The number of anilines is 2. The number of aromatic nitrogens is 1. The molecule has 0 aliphatic carbocycles. The first kappa shape index (κ1) is 33.0. The summed E-state index contributed by atoms with van der Waals surface area (Å²) in [6, 6.07) is 29.9. The fourth-order valence-corrected chi connectivity index (χ4v) is 5.67. The summed E-state index contributed by atoms with van der Waals surface area (Å²) in [5.74, 6) is 1.71. The van der Waals surface area contributed by atoms with Gasteiger partial charge in [-0.3, -0.25) is 9.71 Å². The van der Waals surface area contributed by atoms with Crippen LogP contribution in [0.5, 0.6) is 17.2 Å². The molecule has 240 valence electrons. The maximum Gasteiger partial charge on any atom is 0.232 e. The number of sulfonamides is 1. The molecule has 4 aromatic carbocycles. The van der Waals surface area contributed by atoms with Gasteiger partial charge in [0.2, 0.25) is 10.0 Å². The molecule has 1 aromatic heterocycles. The molecule has 0 saturated heterocycles. The Morgan fingerprint density at radius 2 is 1.55 bits per heavy atom. The molecule has 0 aliphatic heterocycles. The quantitative estimate of drug-likeness (QED) is 0.119. The second-order valence-corrected chi connectivity index (χ2v) is 13.0. The molecule has 0 atom stereocenters. The minimum absolute atomic E-state index is 0.0216. The summed E-state index contributed by atoms with van der Waals surface area (Å²) in [7, 11) is -3.45. The smallest absolute Gasteiger partial charge is 0.232 e. The number of benzene rings is 4. The molecular weight excluding hydrogens is 612 g/mol. The lowest BCUT2D eigenvalue weighted by Gasteiger charge is -2.28. The van der Waals surface area contributed by atoms with Gasteiger partial charge in [0.1, 0.15) is 23.9 Å². The van der Waals surface area contributed by atoms with Gasteiger partial charge in [-0.05, 0) is 78.6 Å².